The molecule has 2 amide bonds. The largest absolute Gasteiger partial charge is 0.382 e. The van der Waals surface area contributed by atoms with Gasteiger partial charge in [-0.1, -0.05) is 62.0 Å². The molecule has 0 atom stereocenters. The van der Waals surface area contributed by atoms with Crippen LogP contribution in [-0.2, 0) is 46.1 Å². The van der Waals surface area contributed by atoms with Gasteiger partial charge in [0, 0.05) is 118 Å². The van der Waals surface area contributed by atoms with Crippen LogP contribution in [0.3, 0.4) is 0 Å². The van der Waals surface area contributed by atoms with Crippen molar-refractivity contribution in [2.24, 2.45) is 0 Å². The lowest BCUT2D eigenvalue weighted by molar-refractivity contribution is -0.121. The lowest BCUT2D eigenvalue weighted by Gasteiger charge is -2.48. The zero-order valence-electron chi connectivity index (χ0n) is 88.9. The fraction of sp³-hybridized carbons (Fsp3) is 0.511. The minimum absolute atomic E-state index is 0.0979. The Morgan fingerprint density at radius 3 is 1.71 bits per heavy atom. The quantitative estimate of drug-likeness (QED) is 0.107. The van der Waals surface area contributed by atoms with Crippen molar-refractivity contribution in [3.8, 4) is 0 Å². The van der Waals surface area contributed by atoms with Crippen molar-refractivity contribution in [1.29, 1.82) is 0 Å². The van der Waals surface area contributed by atoms with E-state index in [4.69, 9.17) is 76.8 Å². The van der Waals surface area contributed by atoms with Gasteiger partial charge in [-0.05, 0) is 91.8 Å². The van der Waals surface area contributed by atoms with Crippen LogP contribution < -0.4 is 15.1 Å². The van der Waals surface area contributed by atoms with E-state index in [1.165, 1.54) is 5.32 Å². The van der Waals surface area contributed by atoms with E-state index in [0.29, 0.717) is 17.6 Å². The Kier molecular flexibility index (Phi) is 4.92. The number of rotatable bonds is 17. The number of para-hydroxylation sites is 2. The molecule has 11 nitrogen and oxygen atoms in total. The van der Waals surface area contributed by atoms with Crippen LogP contribution in [0, 0.1) is 0 Å². The molecule has 0 unspecified atom stereocenters. The Labute approximate surface area is 445 Å². The van der Waals surface area contributed by atoms with Crippen LogP contribution >= 0.6 is 22.7 Å². The molecule has 4 heterocycles. The van der Waals surface area contributed by atoms with Gasteiger partial charge in [0.2, 0.25) is 11.8 Å². The van der Waals surface area contributed by atoms with Crippen molar-refractivity contribution in [3.63, 3.8) is 0 Å². The average molecular weight is 930 g/mol. The Hall–Kier alpha value is -3.47. The molecular weight excluding hydrogens is 805 g/mol. The third-order valence-electron chi connectivity index (χ3n) is 5.82. The average Bonchev–Trinajstić information content (AvgIpc) is 0.977. The molecule has 0 radical (unpaired) electrons. The van der Waals surface area contributed by atoms with Crippen molar-refractivity contribution in [2.75, 3.05) is 82.3 Å². The summed E-state index contributed by atoms with van der Waals surface area (Å²) in [4.78, 5) is 23.5. The number of hydrogen-bond donors (Lipinski definition) is 1. The van der Waals surface area contributed by atoms with E-state index < -0.39 is 295 Å². The van der Waals surface area contributed by atoms with E-state index in [1.807, 2.05) is 0 Å². The Balaban J connectivity index is 0.000000420. The summed E-state index contributed by atoms with van der Waals surface area (Å²) in [7, 11) is -12.6. The van der Waals surface area contributed by atoms with E-state index in [1.54, 1.807) is 0 Å². The molecule has 2 aliphatic rings. The van der Waals surface area contributed by atoms with Crippen LogP contribution in [0.15, 0.2) is 95.3 Å². The van der Waals surface area contributed by atoms with Gasteiger partial charge in [-0.3, -0.25) is 13.8 Å². The van der Waals surface area contributed by atoms with E-state index in [2.05, 4.69) is 13.7 Å². The Bertz CT molecular complexity index is 4590. The van der Waals surface area contributed by atoms with Gasteiger partial charge in [0.1, 0.15) is 0 Å². The van der Waals surface area contributed by atoms with Crippen LogP contribution in [0.4, 0.5) is 11.4 Å². The summed E-state index contributed by atoms with van der Waals surface area (Å²) in [6.45, 7) is -44.4. The van der Waals surface area contributed by atoms with Gasteiger partial charge in [0.15, 0.2) is 0 Å². The van der Waals surface area contributed by atoms with Gasteiger partial charge in [0.25, 0.3) is 10.1 Å². The third-order valence-corrected chi connectivity index (χ3v) is 7.43. The van der Waals surface area contributed by atoms with Crippen molar-refractivity contribution in [3.05, 3.63) is 105 Å². The van der Waals surface area contributed by atoms with Crippen molar-refractivity contribution < 1.29 is 114 Å². The summed E-state index contributed by atoms with van der Waals surface area (Å²) in [6.07, 6.45) is -35.1. The molecule has 14 heteroatoms. The fourth-order valence-electron chi connectivity index (χ4n) is 3.66. The first kappa shape index (κ1) is 11.8. The summed E-state index contributed by atoms with van der Waals surface area (Å²) >= 11 is 0.305. The van der Waals surface area contributed by atoms with Gasteiger partial charge < -0.3 is 29.5 Å². The maximum absolute atomic E-state index is 14.5. The van der Waals surface area contributed by atoms with Gasteiger partial charge in [-0.25, -0.2) is 0 Å². The monoisotopic (exact) mass is 929 g/mol. The lowest BCUT2D eigenvalue weighted by atomic mass is 9.85. The molecule has 2 fully saturated rings. The van der Waals surface area contributed by atoms with E-state index in [-0.39, 0.29) is 11.3 Å². The molecule has 1 N–H and O–H groups in total. The van der Waals surface area contributed by atoms with E-state index in [9.17, 15) is 23.5 Å². The molecule has 2 aromatic carbocycles. The molecule has 0 bridgehead atoms. The first-order valence-electron chi connectivity index (χ1n) is 44.7. The molecule has 2 aliphatic heterocycles. The summed E-state index contributed by atoms with van der Waals surface area (Å²) in [5.74, 6) is -5.81. The maximum atomic E-state index is 14.5. The molecule has 0 spiro atoms. The number of aryl methyl sites for hydroxylation is 2. The van der Waals surface area contributed by atoms with Crippen molar-refractivity contribution in [1.82, 2.24) is 10.2 Å². The number of methoxy groups -OCH3 is 2. The van der Waals surface area contributed by atoms with Gasteiger partial charge >= 0.3 is 0 Å². The number of benzene rings is 2. The number of carbonyl (C=O) groups excluding carboxylic acids is 2. The molecule has 6 rings (SSSR count). The van der Waals surface area contributed by atoms with Crippen LogP contribution in [0.1, 0.15) is 144 Å². The van der Waals surface area contributed by atoms with E-state index in [0.717, 1.165) is 0 Å². The second-order valence-corrected chi connectivity index (χ2v) is 12.8. The smallest absolute Gasteiger partial charge is 0.264 e. The van der Waals surface area contributed by atoms with Crippen LogP contribution in [0.2, 0.25) is 0 Å². The van der Waals surface area contributed by atoms with Gasteiger partial charge in [0.05, 0.1) is 75.4 Å². The molecule has 324 valence electrons. The number of nitrogens with one attached hydrogen (secondary N) is 1. The number of amides is 2. The second-order valence-electron chi connectivity index (χ2n) is 9.56. The summed E-state index contributed by atoms with van der Waals surface area (Å²) in [5.41, 5.74) is -14.2. The highest BCUT2D eigenvalue weighted by Crippen LogP contribution is 2.35. The highest BCUT2D eigenvalue weighted by molar-refractivity contribution is 7.85. The molecule has 0 saturated carbocycles. The standard InChI is InChI=1S/C22H30N2O2S.C16H24N2O2.C7H10O3S2/c1-3-21(25)24(19-8-5-4-6-9-19)22(18-26-2)12-15-23(16-13-22)14-11-20-10-7-17-27-20;1-3-15(19)18(14-7-5-4-6-8-14)16(13-20-2)9-11-17-12-10-16;1-12(8,9)10-5-4-7-3-2-6-11-7/h4-10,17H,3,11-16,18H2,1-2H3;4-8,17H,3,9-13H2,1-2H3;2-3,6H,4-5H2,1H3/i1D3,2D3,3D2,4D,5D,6D,7D,8D,9D,10D,11D2,12D2,13D2,14D2,15D2,16D2,17D,18D2;1D3,2D3,3D2,4D,5D,6D,7D,8D,9D2,10D2,11D2,12D2,13D2;2D,3D,4D2,5D2,6D. The first-order chi connectivity index (χ1) is 51.8. The number of carbonyl (C=O) groups is 2. The number of hydrogen-bond acceptors (Lipinski definition) is 11. The Morgan fingerprint density at radius 1 is 0.780 bits per heavy atom. The molecule has 0 aliphatic carbocycles. The lowest BCUT2D eigenvalue weighted by Crippen LogP contribution is -2.60. The predicted octanol–water partition coefficient (Wildman–Crippen LogP) is 7.68. The number of piperidine rings is 2. The first-order valence-corrected chi connectivity index (χ1v) is 18.1. The van der Waals surface area contributed by atoms with Crippen LogP contribution in [-0.4, -0.2) is 109 Å². The van der Waals surface area contributed by atoms with E-state index >= 15 is 0 Å². The molecular formula is C45H64N4O7S3. The summed E-state index contributed by atoms with van der Waals surface area (Å²) in [5, 5.41) is 0.00772. The van der Waals surface area contributed by atoms with Crippen LogP contribution in [0.5, 0.6) is 0 Å². The van der Waals surface area contributed by atoms with Crippen molar-refractivity contribution >= 4 is 56.0 Å². The number of ether oxygens (including phenoxy) is 2. The number of thiophene rings is 2. The number of likely N-dealkylation sites (tertiary alicyclic amines) is 1. The molecule has 2 saturated heterocycles. The second kappa shape index (κ2) is 24.7. The molecule has 59 heavy (non-hydrogen) atoms. The highest BCUT2D eigenvalue weighted by Gasteiger charge is 2.43. The SMILES string of the molecule is [2H]c1c([2H])c([2H])c(N(C(=O)C([2H])([2H])C([2H])([2H])[2H])C2(C([2H])([2H])OC([2H])([2H])[2H])C([2H])([2H])C([2H])([2H])NC([2H])([2H])C2([2H])[2H])c([2H])c1[2H].[2H]c1sc(C([2H])([2H])C([2H])([2H])N2C([2H])([2H])C([2H])([2H])C(N(C(=O)C([2H])([2H])C([2H])([2H])[2H])c3c([2H])c([2H])c([2H])c([2H])c3[2H])(C([2H])([2H])OC([2H])([2H])[2H])C([2H])([2H])C2([2H])[2H])c([2H])c1[2H].[2H]c1sc(C([2H])([2H])C([2H])([2H])OS(C)(=O)=O)c([2H])c1[2H]. The summed E-state index contributed by atoms with van der Waals surface area (Å²) in [6, 6.07) is -18.9. The molecule has 2 aromatic heterocycles. The Morgan fingerprint density at radius 2 is 1.27 bits per heavy atom. The zero-order chi connectivity index (χ0) is 95.2. The minimum Gasteiger partial charge on any atom is -0.382 e. The fourth-order valence-corrected chi connectivity index (χ4v) is 4.65. The van der Waals surface area contributed by atoms with Crippen molar-refractivity contribution in [2.45, 2.75) is 75.8 Å². The number of nitrogens with zero attached hydrogens (tertiary/aromatic N) is 3. The summed E-state index contributed by atoms with van der Waals surface area (Å²) < 4.78 is 525. The number of anilines is 2. The zero-order valence-corrected chi connectivity index (χ0v) is 31.4. The maximum Gasteiger partial charge on any atom is 0.264 e. The topological polar surface area (TPSA) is 118 Å². The normalized spacial score (nSPS) is 40.6. The van der Waals surface area contributed by atoms with Crippen LogP contribution in [0.25, 0.3) is 0 Å². The molecule has 4 aromatic rings. The van der Waals surface area contributed by atoms with Gasteiger partial charge in [-0.2, -0.15) is 8.42 Å². The van der Waals surface area contributed by atoms with Gasteiger partial charge in [-0.15, -0.1) is 22.7 Å². The highest BCUT2D eigenvalue weighted by atomic mass is 32.2. The minimum atomic E-state index is -5.39. The third kappa shape index (κ3) is 14.9. The predicted molar refractivity (Wildman–Crippen MR) is 242 cm³/mol.